The second-order valence-corrected chi connectivity index (χ2v) is 6.91. The molecule has 2 saturated heterocycles. The highest BCUT2D eigenvalue weighted by molar-refractivity contribution is 5.56. The van der Waals surface area contributed by atoms with E-state index in [1.807, 2.05) is 6.07 Å². The highest BCUT2D eigenvalue weighted by Crippen LogP contribution is 2.21. The molecule has 2 aliphatic rings. The number of aromatic nitrogens is 3. The van der Waals surface area contributed by atoms with Crippen LogP contribution in [-0.4, -0.2) is 65.5 Å². The largest absolute Gasteiger partial charge is 0.379 e. The second-order valence-electron chi connectivity index (χ2n) is 6.91. The van der Waals surface area contributed by atoms with E-state index >= 15 is 0 Å². The molecule has 8 heteroatoms. The molecule has 0 unspecified atom stereocenters. The van der Waals surface area contributed by atoms with Gasteiger partial charge < -0.3 is 20.7 Å². The minimum Gasteiger partial charge on any atom is -0.379 e. The highest BCUT2D eigenvalue weighted by atomic mass is 16.5. The zero-order valence-corrected chi connectivity index (χ0v) is 15.0. The first-order chi connectivity index (χ1) is 12.8. The van der Waals surface area contributed by atoms with Crippen LogP contribution in [0.25, 0.3) is 0 Å². The molecular formula is C18H27N7O. The Labute approximate surface area is 153 Å². The van der Waals surface area contributed by atoms with Crippen LogP contribution in [0.3, 0.4) is 0 Å². The summed E-state index contributed by atoms with van der Waals surface area (Å²) in [6.07, 6.45) is 4.17. The fourth-order valence-corrected chi connectivity index (χ4v) is 3.48. The van der Waals surface area contributed by atoms with E-state index in [-0.39, 0.29) is 0 Å². The first-order valence-corrected chi connectivity index (χ1v) is 9.40. The lowest BCUT2D eigenvalue weighted by atomic mass is 10.1. The Bertz CT molecular complexity index is 641. The number of ether oxygens (including phenoxy) is 1. The first-order valence-electron chi connectivity index (χ1n) is 9.40. The van der Waals surface area contributed by atoms with Gasteiger partial charge in [0.1, 0.15) is 11.6 Å². The third kappa shape index (κ3) is 4.72. The number of hydrogen-bond acceptors (Lipinski definition) is 7. The van der Waals surface area contributed by atoms with E-state index in [9.17, 15) is 0 Å². The van der Waals surface area contributed by atoms with Crippen molar-refractivity contribution in [3.8, 4) is 0 Å². The maximum atomic E-state index is 5.46. The van der Waals surface area contributed by atoms with Crippen LogP contribution in [0.15, 0.2) is 24.4 Å². The number of anilines is 3. The molecule has 2 aromatic rings. The maximum Gasteiger partial charge on any atom is 0.153 e. The zero-order valence-electron chi connectivity index (χ0n) is 15.0. The zero-order chi connectivity index (χ0) is 17.6. The summed E-state index contributed by atoms with van der Waals surface area (Å²) in [4.78, 5) is 7.17. The topological polar surface area (TPSA) is 90.1 Å². The molecular weight excluding hydrogens is 330 g/mol. The summed E-state index contributed by atoms with van der Waals surface area (Å²) < 4.78 is 5.46. The van der Waals surface area contributed by atoms with Crippen molar-refractivity contribution in [2.75, 3.05) is 50.0 Å². The third-order valence-electron chi connectivity index (χ3n) is 4.80. The molecule has 0 bridgehead atoms. The van der Waals surface area contributed by atoms with Crippen molar-refractivity contribution in [1.29, 1.82) is 0 Å². The lowest BCUT2D eigenvalue weighted by Crippen LogP contribution is -2.38. The van der Waals surface area contributed by atoms with Crippen LogP contribution in [0.2, 0.25) is 0 Å². The lowest BCUT2D eigenvalue weighted by Gasteiger charge is -2.27. The van der Waals surface area contributed by atoms with E-state index in [4.69, 9.17) is 9.72 Å². The lowest BCUT2D eigenvalue weighted by molar-refractivity contribution is 0.0342. The van der Waals surface area contributed by atoms with Crippen molar-refractivity contribution >= 4 is 17.5 Å². The smallest absolute Gasteiger partial charge is 0.153 e. The summed E-state index contributed by atoms with van der Waals surface area (Å²) in [6.45, 7) is 6.55. The monoisotopic (exact) mass is 357 g/mol. The third-order valence-corrected chi connectivity index (χ3v) is 4.80. The van der Waals surface area contributed by atoms with Crippen molar-refractivity contribution < 1.29 is 4.74 Å². The summed E-state index contributed by atoms with van der Waals surface area (Å²) >= 11 is 0. The average Bonchev–Trinajstić information content (AvgIpc) is 3.16. The molecule has 1 atom stereocenters. The molecule has 4 N–H and O–H groups in total. The summed E-state index contributed by atoms with van der Waals surface area (Å²) in [5, 5.41) is 17.3. The Morgan fingerprint density at radius 3 is 2.85 bits per heavy atom. The molecule has 2 aliphatic heterocycles. The minimum absolute atomic E-state index is 0.424. The Kier molecular flexibility index (Phi) is 5.63. The van der Waals surface area contributed by atoms with Crippen molar-refractivity contribution in [1.82, 2.24) is 25.4 Å². The van der Waals surface area contributed by atoms with Gasteiger partial charge in [0.25, 0.3) is 0 Å². The predicted octanol–water partition coefficient (Wildman–Crippen LogP) is 1.54. The number of piperidine rings is 1. The van der Waals surface area contributed by atoms with Crippen LogP contribution in [0.5, 0.6) is 0 Å². The second kappa shape index (κ2) is 8.48. The van der Waals surface area contributed by atoms with Gasteiger partial charge in [-0.25, -0.2) is 4.98 Å². The number of hydrogen-bond donors (Lipinski definition) is 4. The summed E-state index contributed by atoms with van der Waals surface area (Å²) in [6, 6.07) is 6.59. The van der Waals surface area contributed by atoms with E-state index in [1.165, 1.54) is 18.4 Å². The van der Waals surface area contributed by atoms with Crippen LogP contribution >= 0.6 is 0 Å². The molecule has 0 spiro atoms. The summed E-state index contributed by atoms with van der Waals surface area (Å²) in [5.74, 6) is 2.50. The molecule has 0 amide bonds. The fraction of sp³-hybridized carbons (Fsp3) is 0.556. The molecule has 4 heterocycles. The van der Waals surface area contributed by atoms with Gasteiger partial charge in [0, 0.05) is 44.5 Å². The number of rotatable bonds is 6. The highest BCUT2D eigenvalue weighted by Gasteiger charge is 2.16. The number of H-pyrrole nitrogens is 1. The molecule has 140 valence electrons. The van der Waals surface area contributed by atoms with E-state index < -0.39 is 0 Å². The number of aromatic amines is 1. The molecule has 8 nitrogen and oxygen atoms in total. The molecule has 0 aromatic carbocycles. The Balaban J connectivity index is 1.51. The molecule has 0 aliphatic carbocycles. The molecule has 0 radical (unpaired) electrons. The van der Waals surface area contributed by atoms with Crippen LogP contribution in [0.1, 0.15) is 18.4 Å². The molecule has 2 fully saturated rings. The van der Waals surface area contributed by atoms with Crippen molar-refractivity contribution in [2.45, 2.75) is 25.4 Å². The van der Waals surface area contributed by atoms with Gasteiger partial charge in [0.2, 0.25) is 0 Å². The quantitative estimate of drug-likeness (QED) is 0.623. The normalized spacial score (nSPS) is 21.5. The molecule has 4 rings (SSSR count). The number of pyridine rings is 1. The van der Waals surface area contributed by atoms with E-state index in [0.717, 1.165) is 63.4 Å². The van der Waals surface area contributed by atoms with Gasteiger partial charge in [-0.05, 0) is 37.1 Å². The first kappa shape index (κ1) is 17.3. The van der Waals surface area contributed by atoms with Crippen molar-refractivity contribution in [3.05, 3.63) is 30.0 Å². The molecule has 0 saturated carbocycles. The number of nitrogens with zero attached hydrogens (tertiary/aromatic N) is 3. The van der Waals surface area contributed by atoms with Gasteiger partial charge in [-0.3, -0.25) is 10.00 Å². The van der Waals surface area contributed by atoms with Crippen molar-refractivity contribution in [3.63, 3.8) is 0 Å². The van der Waals surface area contributed by atoms with E-state index in [0.29, 0.717) is 6.04 Å². The summed E-state index contributed by atoms with van der Waals surface area (Å²) in [5.41, 5.74) is 1.24. The van der Waals surface area contributed by atoms with Crippen LogP contribution < -0.4 is 16.0 Å². The SMILES string of the molecule is c1cc(Nc2cc(CN3CCOCC3)cc(N[C@H]3CCCNC3)n2)n[nH]1. The van der Waals surface area contributed by atoms with Crippen LogP contribution in [-0.2, 0) is 11.3 Å². The van der Waals surface area contributed by atoms with Gasteiger partial charge in [-0.2, -0.15) is 5.10 Å². The van der Waals surface area contributed by atoms with Gasteiger partial charge in [-0.15, -0.1) is 0 Å². The molecule has 26 heavy (non-hydrogen) atoms. The standard InChI is InChI=1S/C18H27N7O/c1-2-15(12-19-4-1)21-17-10-14(13-25-6-8-26-9-7-25)11-18(23-17)22-16-3-5-20-24-16/h3,5,10-11,15,19H,1-2,4,6-9,12-13H2,(H3,20,21,22,23,24)/t15-/m0/s1. The number of nitrogens with one attached hydrogen (secondary N) is 4. The Morgan fingerprint density at radius 2 is 2.08 bits per heavy atom. The Hall–Kier alpha value is -2.16. The Morgan fingerprint density at radius 1 is 1.19 bits per heavy atom. The van der Waals surface area contributed by atoms with Gasteiger partial charge in [0.15, 0.2) is 5.82 Å². The minimum atomic E-state index is 0.424. The summed E-state index contributed by atoms with van der Waals surface area (Å²) in [7, 11) is 0. The van der Waals surface area contributed by atoms with E-state index in [2.05, 4.69) is 43.2 Å². The van der Waals surface area contributed by atoms with Gasteiger partial charge >= 0.3 is 0 Å². The number of morpholine rings is 1. The molecule has 2 aromatic heterocycles. The van der Waals surface area contributed by atoms with Crippen molar-refractivity contribution in [2.24, 2.45) is 0 Å². The average molecular weight is 357 g/mol. The van der Waals surface area contributed by atoms with Gasteiger partial charge in [0.05, 0.1) is 13.2 Å². The fourth-order valence-electron chi connectivity index (χ4n) is 3.48. The van der Waals surface area contributed by atoms with Gasteiger partial charge in [-0.1, -0.05) is 0 Å². The predicted molar refractivity (Wildman–Crippen MR) is 102 cm³/mol. The van der Waals surface area contributed by atoms with Crippen LogP contribution in [0.4, 0.5) is 17.5 Å². The van der Waals surface area contributed by atoms with Crippen LogP contribution in [0, 0.1) is 0 Å². The maximum absolute atomic E-state index is 5.46. The van der Waals surface area contributed by atoms with E-state index in [1.54, 1.807) is 6.20 Å².